The van der Waals surface area contributed by atoms with Crippen LogP contribution in [0.3, 0.4) is 0 Å². The van der Waals surface area contributed by atoms with Crippen LogP contribution in [0.5, 0.6) is 0 Å². The Bertz CT molecular complexity index is 2460. The van der Waals surface area contributed by atoms with Gasteiger partial charge in [0, 0.05) is 48.3 Å². The number of fused-ring (bicyclic) bond motifs is 7. The second kappa shape index (κ2) is 11.8. The molecule has 1 aromatic heterocycles. The molecule has 0 unspecified atom stereocenters. The van der Waals surface area contributed by atoms with Gasteiger partial charge in [-0.1, -0.05) is 97.1 Å². The summed E-state index contributed by atoms with van der Waals surface area (Å²) in [5, 5.41) is 2.65. The number of para-hydroxylation sites is 3. The van der Waals surface area contributed by atoms with Gasteiger partial charge in [-0.2, -0.15) is 0 Å². The summed E-state index contributed by atoms with van der Waals surface area (Å²) in [6.07, 6.45) is 4.37. The summed E-state index contributed by atoms with van der Waals surface area (Å²) in [5.41, 5.74) is 13.2. The molecular formula is C47H36N2S. The Hall–Kier alpha value is -5.64. The van der Waals surface area contributed by atoms with Crippen LogP contribution < -0.4 is 9.80 Å². The lowest BCUT2D eigenvalue weighted by atomic mass is 9.74. The van der Waals surface area contributed by atoms with Gasteiger partial charge in [0.05, 0.1) is 11.4 Å². The third-order valence-electron chi connectivity index (χ3n) is 11.0. The monoisotopic (exact) mass is 660 g/mol. The second-order valence-corrected chi connectivity index (χ2v) is 14.7. The van der Waals surface area contributed by atoms with E-state index >= 15 is 0 Å². The van der Waals surface area contributed by atoms with Crippen molar-refractivity contribution in [3.8, 4) is 0 Å². The minimum absolute atomic E-state index is 0.105. The SMILES string of the molecule is c1ccc(N(c2ccccc2)c2cccc3c2[C@@]2(CC3)CCc3cccc(N(c4ccccc4)c4ccc5sc6ccccc6c5c4)c32)cc1. The zero-order chi connectivity index (χ0) is 33.1. The van der Waals surface area contributed by atoms with Gasteiger partial charge in [-0.3, -0.25) is 0 Å². The predicted molar refractivity (Wildman–Crippen MR) is 213 cm³/mol. The molecule has 0 aliphatic heterocycles. The van der Waals surface area contributed by atoms with E-state index in [2.05, 4.69) is 180 Å². The second-order valence-electron chi connectivity index (χ2n) is 13.7. The van der Waals surface area contributed by atoms with Crippen LogP contribution in [0.2, 0.25) is 0 Å². The van der Waals surface area contributed by atoms with Gasteiger partial charge < -0.3 is 9.80 Å². The molecule has 3 heteroatoms. The van der Waals surface area contributed by atoms with Crippen LogP contribution in [0.1, 0.15) is 35.1 Å². The average molecular weight is 661 g/mol. The summed E-state index contributed by atoms with van der Waals surface area (Å²) in [5.74, 6) is 0. The third kappa shape index (κ3) is 4.54. The van der Waals surface area contributed by atoms with E-state index in [1.807, 2.05) is 11.3 Å². The fourth-order valence-corrected chi connectivity index (χ4v) is 10.0. The highest BCUT2D eigenvalue weighted by atomic mass is 32.1. The van der Waals surface area contributed by atoms with Crippen LogP contribution in [0.4, 0.5) is 34.1 Å². The Labute approximate surface area is 297 Å². The van der Waals surface area contributed by atoms with Crippen molar-refractivity contribution in [2.45, 2.75) is 31.1 Å². The number of rotatable bonds is 6. The first-order valence-corrected chi connectivity index (χ1v) is 18.5. The molecule has 1 heterocycles. The van der Waals surface area contributed by atoms with Crippen LogP contribution in [0.25, 0.3) is 20.2 Å². The standard InChI is InChI=1S/C47H36N2S/c1-4-16-35(17-5-1)48(36-18-6-2-7-19-36)41-23-12-14-33-28-30-47(45(33)41)31-29-34-15-13-24-42(46(34)47)49(37-20-8-3-9-21-37)38-26-27-44-40(32-38)39-22-10-11-25-43(39)50-44/h1-27,32H,28-31H2/t47-/m1/s1. The molecule has 2 aliphatic carbocycles. The molecule has 2 nitrogen and oxygen atoms in total. The average Bonchev–Trinajstić information content (AvgIpc) is 3.87. The first-order chi connectivity index (χ1) is 24.8. The first kappa shape index (κ1) is 29.3. The van der Waals surface area contributed by atoms with E-state index < -0.39 is 0 Å². The van der Waals surface area contributed by atoms with Gasteiger partial charge in [-0.05, 0) is 121 Å². The van der Waals surface area contributed by atoms with Crippen molar-refractivity contribution in [3.63, 3.8) is 0 Å². The van der Waals surface area contributed by atoms with Crippen molar-refractivity contribution in [1.29, 1.82) is 0 Å². The maximum Gasteiger partial charge on any atom is 0.0505 e. The van der Waals surface area contributed by atoms with E-state index in [9.17, 15) is 0 Å². The maximum absolute atomic E-state index is 2.53. The normalized spacial score (nSPS) is 16.2. The van der Waals surface area contributed by atoms with Gasteiger partial charge >= 0.3 is 0 Å². The molecule has 8 aromatic rings. The number of nitrogens with zero attached hydrogens (tertiary/aromatic N) is 2. The lowest BCUT2D eigenvalue weighted by molar-refractivity contribution is 0.508. The molecule has 0 bridgehead atoms. The lowest BCUT2D eigenvalue weighted by Gasteiger charge is -2.37. The molecular weight excluding hydrogens is 625 g/mol. The largest absolute Gasteiger partial charge is 0.310 e. The number of hydrogen-bond acceptors (Lipinski definition) is 3. The van der Waals surface area contributed by atoms with E-state index in [1.165, 1.54) is 76.6 Å². The molecule has 2 aliphatic rings. The fourth-order valence-electron chi connectivity index (χ4n) is 8.95. The number of anilines is 6. The summed E-state index contributed by atoms with van der Waals surface area (Å²) in [6, 6.07) is 62.7. The zero-order valence-electron chi connectivity index (χ0n) is 27.8. The molecule has 7 aromatic carbocycles. The van der Waals surface area contributed by atoms with E-state index in [1.54, 1.807) is 0 Å². The summed E-state index contributed by atoms with van der Waals surface area (Å²) in [7, 11) is 0. The summed E-state index contributed by atoms with van der Waals surface area (Å²) < 4.78 is 2.66. The Balaban J connectivity index is 1.21. The van der Waals surface area contributed by atoms with E-state index in [-0.39, 0.29) is 5.41 Å². The van der Waals surface area contributed by atoms with Crippen LogP contribution in [-0.4, -0.2) is 0 Å². The fraction of sp³-hybridized carbons (Fsp3) is 0.106. The van der Waals surface area contributed by atoms with Crippen LogP contribution in [-0.2, 0) is 18.3 Å². The summed E-state index contributed by atoms with van der Waals surface area (Å²) in [6.45, 7) is 0. The van der Waals surface area contributed by atoms with Crippen molar-refractivity contribution in [2.75, 3.05) is 9.80 Å². The van der Waals surface area contributed by atoms with Gasteiger partial charge in [-0.15, -0.1) is 11.3 Å². The van der Waals surface area contributed by atoms with Gasteiger partial charge in [-0.25, -0.2) is 0 Å². The van der Waals surface area contributed by atoms with Crippen molar-refractivity contribution in [1.82, 2.24) is 0 Å². The van der Waals surface area contributed by atoms with Gasteiger partial charge in [0.15, 0.2) is 0 Å². The summed E-state index contributed by atoms with van der Waals surface area (Å²) >= 11 is 1.88. The number of aryl methyl sites for hydroxylation is 2. The smallest absolute Gasteiger partial charge is 0.0505 e. The molecule has 0 amide bonds. The molecule has 1 spiro atoms. The third-order valence-corrected chi connectivity index (χ3v) is 12.2. The quantitative estimate of drug-likeness (QED) is 0.175. The highest BCUT2D eigenvalue weighted by Gasteiger charge is 2.49. The van der Waals surface area contributed by atoms with Crippen LogP contribution in [0.15, 0.2) is 170 Å². The molecule has 50 heavy (non-hydrogen) atoms. The predicted octanol–water partition coefficient (Wildman–Crippen LogP) is 13.2. The molecule has 0 radical (unpaired) electrons. The molecule has 0 saturated carbocycles. The number of thiophene rings is 1. The number of hydrogen-bond donors (Lipinski definition) is 0. The number of benzene rings is 7. The van der Waals surface area contributed by atoms with Crippen LogP contribution >= 0.6 is 11.3 Å². The molecule has 10 rings (SSSR count). The van der Waals surface area contributed by atoms with Gasteiger partial charge in [0.2, 0.25) is 0 Å². The molecule has 0 N–H and O–H groups in total. The van der Waals surface area contributed by atoms with E-state index in [0.717, 1.165) is 25.7 Å². The van der Waals surface area contributed by atoms with Crippen molar-refractivity contribution >= 4 is 65.6 Å². The van der Waals surface area contributed by atoms with E-state index in [4.69, 9.17) is 0 Å². The summed E-state index contributed by atoms with van der Waals surface area (Å²) in [4.78, 5) is 5.02. The lowest BCUT2D eigenvalue weighted by Crippen LogP contribution is -2.27. The minimum Gasteiger partial charge on any atom is -0.310 e. The highest BCUT2D eigenvalue weighted by Crippen LogP contribution is 2.60. The Morgan fingerprint density at radius 2 is 0.880 bits per heavy atom. The van der Waals surface area contributed by atoms with Crippen molar-refractivity contribution < 1.29 is 0 Å². The Kier molecular flexibility index (Phi) is 6.89. The minimum atomic E-state index is -0.105. The molecule has 1 atom stereocenters. The first-order valence-electron chi connectivity index (χ1n) is 17.7. The highest BCUT2D eigenvalue weighted by molar-refractivity contribution is 7.25. The van der Waals surface area contributed by atoms with Gasteiger partial charge in [0.25, 0.3) is 0 Å². The Morgan fingerprint density at radius 1 is 0.400 bits per heavy atom. The van der Waals surface area contributed by atoms with E-state index in [0.29, 0.717) is 0 Å². The Morgan fingerprint density at radius 3 is 1.44 bits per heavy atom. The molecule has 0 saturated heterocycles. The van der Waals surface area contributed by atoms with Gasteiger partial charge in [0.1, 0.15) is 0 Å². The van der Waals surface area contributed by atoms with Crippen molar-refractivity contribution in [2.24, 2.45) is 0 Å². The molecule has 240 valence electrons. The van der Waals surface area contributed by atoms with Crippen LogP contribution in [0, 0.1) is 0 Å². The topological polar surface area (TPSA) is 6.48 Å². The zero-order valence-corrected chi connectivity index (χ0v) is 28.6. The maximum atomic E-state index is 2.53. The van der Waals surface area contributed by atoms with Crippen molar-refractivity contribution in [3.05, 3.63) is 192 Å². The molecule has 0 fully saturated rings.